The number of hydrogen-bond donors (Lipinski definition) is 8. The Morgan fingerprint density at radius 3 is 1.53 bits per heavy atom. The van der Waals surface area contributed by atoms with Crippen LogP contribution in [-0.4, -0.2) is 121 Å². The van der Waals surface area contributed by atoms with Crippen LogP contribution in [0.2, 0.25) is 0 Å². The number of benzene rings is 3. The minimum Gasteiger partial charge on any atom is -0.462 e. The van der Waals surface area contributed by atoms with Gasteiger partial charge in [-0.15, -0.1) is 0 Å². The first-order valence-corrected chi connectivity index (χ1v) is 15.2. The normalized spacial score (nSPS) is 33.9. The third-order valence-electron chi connectivity index (χ3n) is 9.16. The molecule has 51 heavy (non-hydrogen) atoms. The van der Waals surface area contributed by atoms with E-state index in [1.807, 2.05) is 0 Å². The average molecular weight is 729 g/mol. The Morgan fingerprint density at radius 2 is 1.08 bits per heavy atom. The summed E-state index contributed by atoms with van der Waals surface area (Å²) >= 11 is 0. The summed E-state index contributed by atoms with van der Waals surface area (Å²) < 4.78 is 93.7. The van der Waals surface area contributed by atoms with Gasteiger partial charge in [0.2, 0.25) is 12.6 Å². The quantitative estimate of drug-likeness (QED) is 0.0670. The van der Waals surface area contributed by atoms with Crippen LogP contribution < -0.4 is 14.2 Å². The van der Waals surface area contributed by atoms with Crippen LogP contribution in [0.5, 0.6) is 23.0 Å². The van der Waals surface area contributed by atoms with E-state index in [-0.39, 0.29) is 34.1 Å². The van der Waals surface area contributed by atoms with E-state index in [1.165, 1.54) is 0 Å². The lowest BCUT2D eigenvalue weighted by molar-refractivity contribution is -0.277. The van der Waals surface area contributed by atoms with Crippen molar-refractivity contribution >= 4 is 5.97 Å². The fraction of sp³-hybridized carbons (Fsp3) is 0.406. The number of hydrogen-bond acceptors (Lipinski definition) is 15. The Morgan fingerprint density at radius 1 is 0.627 bits per heavy atom. The minimum absolute atomic E-state index is 0.202. The zero-order valence-corrected chi connectivity index (χ0v) is 25.6. The lowest BCUT2D eigenvalue weighted by Crippen LogP contribution is -2.60. The number of aliphatic hydroxyl groups excluding tert-OH is 8. The zero-order valence-electron chi connectivity index (χ0n) is 25.6. The van der Waals surface area contributed by atoms with E-state index in [2.05, 4.69) is 0 Å². The molecule has 4 heterocycles. The van der Waals surface area contributed by atoms with Crippen molar-refractivity contribution < 1.29 is 91.6 Å². The summed E-state index contributed by atoms with van der Waals surface area (Å²) in [5, 5.41) is 80.5. The molecule has 10 atom stereocenters. The van der Waals surface area contributed by atoms with Crippen LogP contribution in [-0.2, 0) is 19.8 Å². The molecule has 7 rings (SSSR count). The van der Waals surface area contributed by atoms with Crippen molar-refractivity contribution in [2.24, 2.45) is 0 Å². The summed E-state index contributed by atoms with van der Waals surface area (Å²) in [6.45, 7) is -1.54. The highest BCUT2D eigenvalue weighted by atomic mass is 19.2. The maximum Gasteiger partial charge on any atom is 0.343 e. The number of carbonyl (C=O) groups excluding carboxylic acids is 1. The summed E-state index contributed by atoms with van der Waals surface area (Å²) in [4.78, 5) is 13.1. The van der Waals surface area contributed by atoms with Gasteiger partial charge in [-0.25, -0.2) is 22.4 Å². The Hall–Kier alpha value is -4.15. The highest BCUT2D eigenvalue weighted by Crippen LogP contribution is 2.58. The van der Waals surface area contributed by atoms with Gasteiger partial charge in [-0.1, -0.05) is 0 Å². The van der Waals surface area contributed by atoms with Gasteiger partial charge in [0, 0.05) is 23.3 Å². The van der Waals surface area contributed by atoms with Gasteiger partial charge in [-0.05, 0) is 24.3 Å². The van der Waals surface area contributed by atoms with E-state index in [0.717, 1.165) is 36.4 Å². The lowest BCUT2D eigenvalue weighted by Gasteiger charge is -2.40. The molecule has 4 aliphatic rings. The van der Waals surface area contributed by atoms with E-state index < -0.39 is 121 Å². The maximum absolute atomic E-state index is 15.8. The zero-order chi connectivity index (χ0) is 36.7. The van der Waals surface area contributed by atoms with Crippen molar-refractivity contribution in [3.05, 3.63) is 81.9 Å². The van der Waals surface area contributed by atoms with Crippen molar-refractivity contribution in [3.8, 4) is 23.0 Å². The van der Waals surface area contributed by atoms with Crippen LogP contribution in [0.25, 0.3) is 0 Å². The molecule has 4 aliphatic heterocycles. The number of fused-ring (bicyclic) bond motifs is 6. The van der Waals surface area contributed by atoms with Crippen molar-refractivity contribution in [1.29, 1.82) is 0 Å². The number of ether oxygens (including phenoxy) is 6. The van der Waals surface area contributed by atoms with Gasteiger partial charge >= 0.3 is 5.97 Å². The molecule has 3 aromatic rings. The predicted octanol–water partition coefficient (Wildman–Crippen LogP) is -0.832. The second-order valence-electron chi connectivity index (χ2n) is 12.1. The molecule has 8 N–H and O–H groups in total. The molecule has 0 saturated carbocycles. The first kappa shape index (κ1) is 35.3. The number of halogens is 4. The largest absolute Gasteiger partial charge is 0.462 e. The molecule has 2 saturated heterocycles. The van der Waals surface area contributed by atoms with Crippen LogP contribution in [0.4, 0.5) is 17.6 Å². The lowest BCUT2D eigenvalue weighted by atomic mass is 9.77. The molecular formula is C32H28F4O15. The van der Waals surface area contributed by atoms with Crippen LogP contribution >= 0.6 is 0 Å². The molecule has 274 valence electrons. The fourth-order valence-corrected chi connectivity index (χ4v) is 6.54. The Kier molecular flexibility index (Phi) is 8.86. The molecule has 15 nitrogen and oxygen atoms in total. The molecule has 0 amide bonds. The second-order valence-corrected chi connectivity index (χ2v) is 12.1. The van der Waals surface area contributed by atoms with Gasteiger partial charge in [-0.2, -0.15) is 0 Å². The van der Waals surface area contributed by atoms with Crippen LogP contribution in [0, 0.1) is 23.3 Å². The Labute approximate surface area is 282 Å². The van der Waals surface area contributed by atoms with Crippen molar-refractivity contribution in [2.75, 3.05) is 13.2 Å². The van der Waals surface area contributed by atoms with Gasteiger partial charge in [0.1, 0.15) is 77.4 Å². The third-order valence-corrected chi connectivity index (χ3v) is 9.16. The molecule has 3 aromatic carbocycles. The molecule has 2 unspecified atom stereocenters. The monoisotopic (exact) mass is 728 g/mol. The summed E-state index contributed by atoms with van der Waals surface area (Å²) in [5.41, 5.74) is -5.34. The first-order chi connectivity index (χ1) is 24.2. The molecule has 0 aromatic heterocycles. The minimum atomic E-state index is -2.54. The number of aliphatic hydroxyl groups is 8. The SMILES string of the molecule is O=C1OC2(c3ccc(OC4O[C@H](CO)[C@H](O)[C@H](O)[C@H]4O)cc3Oc3cc(OC4O[C@H](CO)[C@H](O)[C@H](O)[C@H]4O)ccc32)c2c(F)c(F)c(F)c(F)c21. The van der Waals surface area contributed by atoms with Crippen molar-refractivity contribution in [3.63, 3.8) is 0 Å². The maximum atomic E-state index is 15.8. The highest BCUT2D eigenvalue weighted by Gasteiger charge is 2.58. The summed E-state index contributed by atoms with van der Waals surface area (Å²) in [7, 11) is 0. The molecular weight excluding hydrogens is 700 g/mol. The number of esters is 1. The standard InChI is InChI=1S/C32H28F4O15/c33-19-17-18(20(34)22(36)21(19)35)32(51-29(17)45)11-3-1-9(46-30-27(43)25(41)23(39)15(7-37)49-30)5-13(11)48-14-6-10(2-4-12(14)32)47-31-28(44)26(42)24(40)16(8-38)50-31/h1-6,15-16,23-28,30-31,37-44H,7-8H2/t15-,16-,23+,24+,25+,26+,27-,28-,30?,31?,32?/m1/s1. The number of carbonyl (C=O) groups is 1. The van der Waals surface area contributed by atoms with Crippen LogP contribution in [0.1, 0.15) is 27.0 Å². The van der Waals surface area contributed by atoms with Crippen molar-refractivity contribution in [1.82, 2.24) is 0 Å². The molecule has 2 fully saturated rings. The molecule has 0 bridgehead atoms. The van der Waals surface area contributed by atoms with Crippen molar-refractivity contribution in [2.45, 2.75) is 67.0 Å². The van der Waals surface area contributed by atoms with E-state index in [4.69, 9.17) is 28.4 Å². The van der Waals surface area contributed by atoms with E-state index in [1.54, 1.807) is 0 Å². The van der Waals surface area contributed by atoms with Gasteiger partial charge in [-0.3, -0.25) is 0 Å². The smallest absolute Gasteiger partial charge is 0.343 e. The predicted molar refractivity (Wildman–Crippen MR) is 153 cm³/mol. The fourth-order valence-electron chi connectivity index (χ4n) is 6.54. The average Bonchev–Trinajstić information content (AvgIpc) is 3.42. The van der Waals surface area contributed by atoms with Gasteiger partial charge < -0.3 is 69.3 Å². The Balaban J connectivity index is 1.33. The summed E-state index contributed by atoms with van der Waals surface area (Å²) in [6.07, 6.45) is -16.8. The van der Waals surface area contributed by atoms with E-state index in [9.17, 15) is 54.4 Å². The third kappa shape index (κ3) is 5.31. The van der Waals surface area contributed by atoms with Crippen LogP contribution in [0.15, 0.2) is 36.4 Å². The van der Waals surface area contributed by atoms with Gasteiger partial charge in [0.15, 0.2) is 28.9 Å². The summed E-state index contributed by atoms with van der Waals surface area (Å²) in [6, 6.07) is 6.77. The van der Waals surface area contributed by atoms with Crippen LogP contribution in [0.3, 0.4) is 0 Å². The van der Waals surface area contributed by atoms with Gasteiger partial charge in [0.05, 0.1) is 18.8 Å². The topological polar surface area (TPSA) is 234 Å². The second kappa shape index (κ2) is 12.8. The highest BCUT2D eigenvalue weighted by molar-refractivity contribution is 5.97. The Bertz CT molecular complexity index is 1790. The molecule has 1 spiro atoms. The molecule has 19 heteroatoms. The van der Waals surface area contributed by atoms with E-state index in [0.29, 0.717) is 0 Å². The molecule has 0 radical (unpaired) electrons. The molecule has 0 aliphatic carbocycles. The van der Waals surface area contributed by atoms with Gasteiger partial charge in [0.25, 0.3) is 0 Å². The first-order valence-electron chi connectivity index (χ1n) is 15.2. The van der Waals surface area contributed by atoms with E-state index >= 15 is 8.78 Å². The number of rotatable bonds is 6. The summed E-state index contributed by atoms with van der Waals surface area (Å²) in [5.74, 6) is -11.1.